The van der Waals surface area contributed by atoms with E-state index in [-0.39, 0.29) is 5.97 Å². The predicted octanol–water partition coefficient (Wildman–Crippen LogP) is 6.94. The molecule has 0 atom stereocenters. The van der Waals surface area contributed by atoms with Gasteiger partial charge in [0.1, 0.15) is 6.61 Å². The van der Waals surface area contributed by atoms with Crippen LogP contribution in [0.2, 0.25) is 0 Å². The molecule has 0 aliphatic heterocycles. The van der Waals surface area contributed by atoms with Gasteiger partial charge >= 0.3 is 5.97 Å². The Morgan fingerprint density at radius 3 is 0.891 bits per heavy atom. The van der Waals surface area contributed by atoms with E-state index < -0.39 is 0 Å². The fourth-order valence-electron chi connectivity index (χ4n) is 4.61. The molecule has 10 heteroatoms. The summed E-state index contributed by atoms with van der Waals surface area (Å²) in [6.07, 6.45) is 20.3. The van der Waals surface area contributed by atoms with Crippen molar-refractivity contribution in [3.05, 3.63) is 0 Å². The molecule has 0 spiro atoms. The van der Waals surface area contributed by atoms with E-state index in [9.17, 15) is 4.79 Å². The molecule has 0 aromatic carbocycles. The largest absolute Gasteiger partial charge is 0.463 e. The molecule has 0 rings (SSSR count). The Morgan fingerprint density at radius 2 is 0.587 bits per heavy atom. The SMILES string of the molecule is CCCCCCCCCCCCCCCCCC(=O)OCCOCCOCCOCCOCCOCCOCCOCCOCC. The Hall–Kier alpha value is -0.850. The Labute approximate surface area is 282 Å². The lowest BCUT2D eigenvalue weighted by atomic mass is 10.0. The summed E-state index contributed by atoms with van der Waals surface area (Å²) >= 11 is 0. The normalized spacial score (nSPS) is 11.4. The first-order chi connectivity index (χ1) is 22.8. The first-order valence-electron chi connectivity index (χ1n) is 18.6. The Kier molecular flexibility index (Phi) is 41.4. The Balaban J connectivity index is 3.13. The molecular weight excluding hydrogens is 592 g/mol. The van der Waals surface area contributed by atoms with Crippen LogP contribution in [0, 0.1) is 0 Å². The topological polar surface area (TPSA) is 100 Å². The summed E-state index contributed by atoms with van der Waals surface area (Å²) in [5, 5.41) is 0. The first kappa shape index (κ1) is 45.2. The van der Waals surface area contributed by atoms with Crippen LogP contribution in [0.1, 0.15) is 117 Å². The third-order valence-corrected chi connectivity index (χ3v) is 7.28. The van der Waals surface area contributed by atoms with Crippen molar-refractivity contribution in [3.8, 4) is 0 Å². The molecule has 0 fully saturated rings. The van der Waals surface area contributed by atoms with Crippen LogP contribution in [0.5, 0.6) is 0 Å². The lowest BCUT2D eigenvalue weighted by Gasteiger charge is -2.09. The van der Waals surface area contributed by atoms with Gasteiger partial charge in [-0.05, 0) is 13.3 Å². The number of hydrogen-bond acceptors (Lipinski definition) is 10. The second-order valence-corrected chi connectivity index (χ2v) is 11.4. The predicted molar refractivity (Wildman–Crippen MR) is 183 cm³/mol. The molecule has 10 nitrogen and oxygen atoms in total. The minimum absolute atomic E-state index is 0.125. The number of carbonyl (C=O) groups is 1. The van der Waals surface area contributed by atoms with Crippen molar-refractivity contribution in [2.75, 3.05) is 112 Å². The van der Waals surface area contributed by atoms with Crippen molar-refractivity contribution in [2.45, 2.75) is 117 Å². The third-order valence-electron chi connectivity index (χ3n) is 7.28. The highest BCUT2D eigenvalue weighted by Crippen LogP contribution is 2.13. The molecule has 0 N–H and O–H groups in total. The second kappa shape index (κ2) is 42.2. The van der Waals surface area contributed by atoms with Crippen molar-refractivity contribution < 1.29 is 47.4 Å². The molecule has 0 radical (unpaired) electrons. The van der Waals surface area contributed by atoms with Crippen molar-refractivity contribution in [1.29, 1.82) is 0 Å². The zero-order chi connectivity index (χ0) is 33.3. The molecule has 276 valence electrons. The summed E-state index contributed by atoms with van der Waals surface area (Å²) in [5.74, 6) is -0.125. The van der Waals surface area contributed by atoms with Gasteiger partial charge in [0, 0.05) is 13.0 Å². The molecule has 0 saturated carbocycles. The van der Waals surface area contributed by atoms with Gasteiger partial charge in [-0.1, -0.05) is 96.8 Å². The van der Waals surface area contributed by atoms with Gasteiger partial charge in [0.25, 0.3) is 0 Å². The smallest absolute Gasteiger partial charge is 0.305 e. The average Bonchev–Trinajstić information content (AvgIpc) is 3.06. The average molecular weight is 665 g/mol. The summed E-state index contributed by atoms with van der Waals surface area (Å²) < 4.78 is 48.6. The maximum Gasteiger partial charge on any atom is 0.305 e. The van der Waals surface area contributed by atoms with Crippen molar-refractivity contribution in [3.63, 3.8) is 0 Å². The first-order valence-corrected chi connectivity index (χ1v) is 18.6. The van der Waals surface area contributed by atoms with Crippen molar-refractivity contribution in [1.82, 2.24) is 0 Å². The summed E-state index contributed by atoms with van der Waals surface area (Å²) in [5.41, 5.74) is 0. The van der Waals surface area contributed by atoms with Gasteiger partial charge in [-0.3, -0.25) is 4.79 Å². The van der Waals surface area contributed by atoms with E-state index in [4.69, 9.17) is 42.6 Å². The van der Waals surface area contributed by atoms with Crippen LogP contribution in [0.4, 0.5) is 0 Å². The van der Waals surface area contributed by atoms with Gasteiger partial charge in [0.05, 0.1) is 99.1 Å². The zero-order valence-corrected chi connectivity index (χ0v) is 29.9. The summed E-state index contributed by atoms with van der Waals surface area (Å²) in [7, 11) is 0. The molecule has 0 unspecified atom stereocenters. The highest BCUT2D eigenvalue weighted by molar-refractivity contribution is 5.69. The van der Waals surface area contributed by atoms with Crippen LogP contribution in [-0.4, -0.2) is 118 Å². The molecule has 0 bridgehead atoms. The van der Waals surface area contributed by atoms with E-state index in [0.29, 0.717) is 119 Å². The number of carbonyl (C=O) groups excluding carboxylic acids is 1. The van der Waals surface area contributed by atoms with Crippen LogP contribution in [-0.2, 0) is 47.4 Å². The van der Waals surface area contributed by atoms with Crippen LogP contribution >= 0.6 is 0 Å². The van der Waals surface area contributed by atoms with Crippen LogP contribution in [0.3, 0.4) is 0 Å². The van der Waals surface area contributed by atoms with E-state index >= 15 is 0 Å². The molecule has 0 saturated heterocycles. The fraction of sp³-hybridized carbons (Fsp3) is 0.972. The molecular formula is C36H72O10. The number of esters is 1. The number of hydrogen-bond donors (Lipinski definition) is 0. The lowest BCUT2D eigenvalue weighted by molar-refractivity contribution is -0.145. The highest BCUT2D eigenvalue weighted by atomic mass is 16.6. The number of unbranched alkanes of at least 4 members (excludes halogenated alkanes) is 14. The van der Waals surface area contributed by atoms with E-state index in [1.54, 1.807) is 0 Å². The van der Waals surface area contributed by atoms with E-state index in [1.807, 2.05) is 6.92 Å². The highest BCUT2D eigenvalue weighted by Gasteiger charge is 2.03. The fourth-order valence-corrected chi connectivity index (χ4v) is 4.61. The molecule has 0 aromatic heterocycles. The molecule has 0 aromatic rings. The van der Waals surface area contributed by atoms with Gasteiger partial charge in [0.15, 0.2) is 0 Å². The van der Waals surface area contributed by atoms with Crippen LogP contribution in [0.15, 0.2) is 0 Å². The molecule has 0 amide bonds. The van der Waals surface area contributed by atoms with Crippen LogP contribution in [0.25, 0.3) is 0 Å². The van der Waals surface area contributed by atoms with Crippen molar-refractivity contribution >= 4 is 5.97 Å². The zero-order valence-electron chi connectivity index (χ0n) is 29.9. The van der Waals surface area contributed by atoms with Crippen LogP contribution < -0.4 is 0 Å². The quantitative estimate of drug-likeness (QED) is 0.0505. The molecule has 46 heavy (non-hydrogen) atoms. The van der Waals surface area contributed by atoms with Gasteiger partial charge in [0.2, 0.25) is 0 Å². The second-order valence-electron chi connectivity index (χ2n) is 11.4. The number of rotatable bonds is 41. The third kappa shape index (κ3) is 41.2. The van der Waals surface area contributed by atoms with E-state index in [1.165, 1.54) is 83.5 Å². The molecule has 0 aliphatic rings. The van der Waals surface area contributed by atoms with Crippen molar-refractivity contribution in [2.24, 2.45) is 0 Å². The summed E-state index contributed by atoms with van der Waals surface area (Å²) in [6, 6.07) is 0. The molecule has 0 heterocycles. The lowest BCUT2D eigenvalue weighted by Crippen LogP contribution is -2.15. The van der Waals surface area contributed by atoms with Gasteiger partial charge in [-0.25, -0.2) is 0 Å². The number of ether oxygens (including phenoxy) is 9. The Morgan fingerprint density at radius 1 is 0.326 bits per heavy atom. The minimum atomic E-state index is -0.125. The Bertz CT molecular complexity index is 567. The van der Waals surface area contributed by atoms with E-state index in [0.717, 1.165) is 12.8 Å². The van der Waals surface area contributed by atoms with Gasteiger partial charge < -0.3 is 42.6 Å². The summed E-state index contributed by atoms with van der Waals surface area (Å²) in [6.45, 7) is 13.1. The van der Waals surface area contributed by atoms with Gasteiger partial charge in [-0.15, -0.1) is 0 Å². The maximum atomic E-state index is 11.9. The molecule has 0 aliphatic carbocycles. The van der Waals surface area contributed by atoms with E-state index in [2.05, 4.69) is 6.92 Å². The minimum Gasteiger partial charge on any atom is -0.463 e. The van der Waals surface area contributed by atoms with Gasteiger partial charge in [-0.2, -0.15) is 0 Å². The maximum absolute atomic E-state index is 11.9. The standard InChI is InChI=1S/C36H72O10/c1-3-5-6-7-8-9-10-11-12-13-14-15-16-17-18-19-36(37)46-35-34-45-33-32-44-31-30-43-29-28-42-27-26-41-25-24-40-23-22-39-21-20-38-4-2/h3-35H2,1-2H3. The monoisotopic (exact) mass is 665 g/mol. The summed E-state index contributed by atoms with van der Waals surface area (Å²) in [4.78, 5) is 11.9.